The normalized spacial score (nSPS) is 18.6. The minimum Gasteiger partial charge on any atom is -0.479 e. The number of carboxylic acids is 1. The number of hydrogen-bond acceptors (Lipinski definition) is 6. The monoisotopic (exact) mass is 250 g/mol. The van der Waals surface area contributed by atoms with Gasteiger partial charge in [-0.05, 0) is 0 Å². The predicted molar refractivity (Wildman–Crippen MR) is 37.7 cm³/mol. The van der Waals surface area contributed by atoms with Crippen LogP contribution in [0.4, 0.5) is 0 Å². The third-order valence-corrected chi connectivity index (χ3v) is 1.42. The van der Waals surface area contributed by atoms with Crippen LogP contribution in [0.1, 0.15) is 0 Å². The summed E-state index contributed by atoms with van der Waals surface area (Å²) in [6.45, 7) is 0. The van der Waals surface area contributed by atoms with Crippen LogP contribution < -0.4 is 0 Å². The van der Waals surface area contributed by atoms with E-state index in [-0.39, 0.29) is 23.4 Å². The molecule has 0 radical (unpaired) electrons. The van der Waals surface area contributed by atoms with Crippen molar-refractivity contribution in [3.8, 4) is 0 Å². The molecule has 4 atom stereocenters. The second kappa shape index (κ2) is 6.88. The average molecular weight is 250 g/mol. The van der Waals surface area contributed by atoms with E-state index in [1.165, 1.54) is 0 Å². The third-order valence-electron chi connectivity index (χ3n) is 1.42. The molecular weight excluding hydrogens is 240 g/mol. The molecule has 0 aromatic carbocycles. The van der Waals surface area contributed by atoms with E-state index in [1.807, 2.05) is 0 Å². The van der Waals surface area contributed by atoms with Crippen LogP contribution in [-0.2, 0) is 26.7 Å². The molecule has 0 heterocycles. The maximum Gasteiger partial charge on any atom is 0.335 e. The van der Waals surface area contributed by atoms with Crippen molar-refractivity contribution in [1.29, 1.82) is 0 Å². The van der Waals surface area contributed by atoms with E-state index in [1.54, 1.807) is 0 Å². The van der Waals surface area contributed by atoms with Crippen molar-refractivity contribution >= 4 is 12.3 Å². The molecule has 14 heavy (non-hydrogen) atoms. The third kappa shape index (κ3) is 4.14. The average Bonchev–Trinajstić information content (AvgIpc) is 2.12. The van der Waals surface area contributed by atoms with Crippen molar-refractivity contribution in [2.24, 2.45) is 0 Å². The number of carbonyl (C=O) groups excluding carboxylic acids is 1. The molecular formula is C6H10FeO7. The van der Waals surface area contributed by atoms with E-state index in [9.17, 15) is 9.59 Å². The molecule has 0 aromatic heterocycles. The van der Waals surface area contributed by atoms with Gasteiger partial charge in [-0.1, -0.05) is 0 Å². The van der Waals surface area contributed by atoms with Gasteiger partial charge in [-0.3, -0.25) is 0 Å². The van der Waals surface area contributed by atoms with Gasteiger partial charge in [-0.15, -0.1) is 0 Å². The topological polar surface area (TPSA) is 135 Å². The minimum atomic E-state index is -2.25. The second-order valence-corrected chi connectivity index (χ2v) is 2.39. The SMILES string of the molecule is O=CC(O)C(O)C(O)C(O)C(=O)O.[Fe]. The number of aldehydes is 1. The molecule has 0 rings (SSSR count). The number of carbonyl (C=O) groups is 2. The Balaban J connectivity index is 0. The van der Waals surface area contributed by atoms with Crippen LogP contribution in [0.2, 0.25) is 0 Å². The van der Waals surface area contributed by atoms with Crippen molar-refractivity contribution in [2.75, 3.05) is 0 Å². The van der Waals surface area contributed by atoms with E-state index < -0.39 is 30.4 Å². The molecule has 4 unspecified atom stereocenters. The molecule has 7 nitrogen and oxygen atoms in total. The van der Waals surface area contributed by atoms with Crippen LogP contribution in [0.15, 0.2) is 0 Å². The van der Waals surface area contributed by atoms with E-state index in [4.69, 9.17) is 25.5 Å². The van der Waals surface area contributed by atoms with Gasteiger partial charge in [0, 0.05) is 17.1 Å². The number of hydrogen-bond donors (Lipinski definition) is 5. The van der Waals surface area contributed by atoms with Crippen LogP contribution in [0, 0.1) is 0 Å². The van der Waals surface area contributed by atoms with Crippen molar-refractivity contribution in [3.63, 3.8) is 0 Å². The van der Waals surface area contributed by atoms with Crippen LogP contribution in [0.5, 0.6) is 0 Å². The number of carboxylic acid groups (broad SMARTS) is 1. The fourth-order valence-electron chi connectivity index (χ4n) is 0.615. The Kier molecular flexibility index (Phi) is 7.84. The van der Waals surface area contributed by atoms with Gasteiger partial charge in [0.05, 0.1) is 0 Å². The Labute approximate surface area is 89.5 Å². The summed E-state index contributed by atoms with van der Waals surface area (Å²) >= 11 is 0. The molecule has 0 fully saturated rings. The van der Waals surface area contributed by atoms with E-state index in [2.05, 4.69) is 0 Å². The maximum atomic E-state index is 10.1. The predicted octanol–water partition coefficient (Wildman–Crippen LogP) is -3.29. The summed E-state index contributed by atoms with van der Waals surface area (Å²) in [4.78, 5) is 20.0. The van der Waals surface area contributed by atoms with E-state index in [0.29, 0.717) is 0 Å². The summed E-state index contributed by atoms with van der Waals surface area (Å²) in [6.07, 6.45) is -8.39. The Hall–Kier alpha value is -0.501. The first kappa shape index (κ1) is 15.9. The molecule has 0 bridgehead atoms. The molecule has 0 saturated carbocycles. The molecule has 0 aromatic rings. The summed E-state index contributed by atoms with van der Waals surface area (Å²) in [6, 6.07) is 0. The largest absolute Gasteiger partial charge is 0.479 e. The second-order valence-electron chi connectivity index (χ2n) is 2.39. The smallest absolute Gasteiger partial charge is 0.335 e. The number of rotatable bonds is 5. The Morgan fingerprint density at radius 3 is 1.79 bits per heavy atom. The van der Waals surface area contributed by atoms with Crippen LogP contribution in [0.3, 0.4) is 0 Å². The minimum absolute atomic E-state index is 0. The van der Waals surface area contributed by atoms with Crippen molar-refractivity contribution in [3.05, 3.63) is 0 Å². The molecule has 0 aliphatic carbocycles. The Bertz CT molecular complexity index is 197. The van der Waals surface area contributed by atoms with Gasteiger partial charge >= 0.3 is 5.97 Å². The fourth-order valence-corrected chi connectivity index (χ4v) is 0.615. The van der Waals surface area contributed by atoms with Gasteiger partial charge in [0.15, 0.2) is 12.4 Å². The summed E-state index contributed by atoms with van der Waals surface area (Å²) < 4.78 is 0. The maximum absolute atomic E-state index is 10.1. The first-order valence-corrected chi connectivity index (χ1v) is 3.32. The quantitative estimate of drug-likeness (QED) is 0.255. The summed E-state index contributed by atoms with van der Waals surface area (Å²) in [5.41, 5.74) is 0. The number of aliphatic hydroxyl groups excluding tert-OH is 4. The van der Waals surface area contributed by atoms with Crippen LogP contribution in [0.25, 0.3) is 0 Å². The summed E-state index contributed by atoms with van der Waals surface area (Å²) in [5.74, 6) is -1.76. The van der Waals surface area contributed by atoms with Gasteiger partial charge < -0.3 is 30.3 Å². The first-order valence-electron chi connectivity index (χ1n) is 3.32. The van der Waals surface area contributed by atoms with Crippen molar-refractivity contribution in [2.45, 2.75) is 24.4 Å². The molecule has 8 heteroatoms. The zero-order chi connectivity index (χ0) is 10.6. The van der Waals surface area contributed by atoms with Crippen LogP contribution >= 0.6 is 0 Å². The Morgan fingerprint density at radius 2 is 1.50 bits per heavy atom. The van der Waals surface area contributed by atoms with Crippen molar-refractivity contribution in [1.82, 2.24) is 0 Å². The van der Waals surface area contributed by atoms with Gasteiger partial charge in [-0.2, -0.15) is 0 Å². The molecule has 84 valence electrons. The summed E-state index contributed by atoms with van der Waals surface area (Å²) in [5, 5.41) is 43.2. The molecule has 5 N–H and O–H groups in total. The van der Waals surface area contributed by atoms with Gasteiger partial charge in [0.1, 0.15) is 18.3 Å². The van der Waals surface area contributed by atoms with Crippen LogP contribution in [-0.4, -0.2) is 62.2 Å². The van der Waals surface area contributed by atoms with Crippen molar-refractivity contribution < 1.29 is 52.2 Å². The molecule has 0 aliphatic heterocycles. The van der Waals surface area contributed by atoms with Gasteiger partial charge in [0.25, 0.3) is 0 Å². The Morgan fingerprint density at radius 1 is 1.07 bits per heavy atom. The van der Waals surface area contributed by atoms with Gasteiger partial charge in [-0.25, -0.2) is 4.79 Å². The van der Waals surface area contributed by atoms with Gasteiger partial charge in [0.2, 0.25) is 0 Å². The zero-order valence-corrected chi connectivity index (χ0v) is 7.90. The van der Waals surface area contributed by atoms with E-state index in [0.717, 1.165) is 0 Å². The zero-order valence-electron chi connectivity index (χ0n) is 6.79. The first-order chi connectivity index (χ1) is 5.91. The molecule has 0 amide bonds. The molecule has 0 saturated heterocycles. The number of aliphatic hydroxyl groups is 4. The van der Waals surface area contributed by atoms with E-state index >= 15 is 0 Å². The standard InChI is InChI=1S/C6H10O7.Fe/c7-1-2(8)3(9)4(10)5(11)6(12)13;/h1-5,8-11H,(H,12,13);. The summed E-state index contributed by atoms with van der Waals surface area (Å²) in [7, 11) is 0. The molecule has 0 spiro atoms. The fraction of sp³-hybridized carbons (Fsp3) is 0.667. The molecule has 0 aliphatic rings. The number of aliphatic carboxylic acids is 1.